The van der Waals surface area contributed by atoms with E-state index in [1.165, 1.54) is 5.56 Å². The highest BCUT2D eigenvalue weighted by molar-refractivity contribution is 6.04. The Morgan fingerprint density at radius 3 is 2.59 bits per heavy atom. The first-order chi connectivity index (χ1) is 14.2. The molecule has 0 bridgehead atoms. The zero-order valence-corrected chi connectivity index (χ0v) is 16.5. The first-order valence-corrected chi connectivity index (χ1v) is 9.93. The molecule has 2 aromatic carbocycles. The smallest absolute Gasteiger partial charge is 0.257 e. The van der Waals surface area contributed by atoms with Gasteiger partial charge in [-0.1, -0.05) is 48.0 Å². The van der Waals surface area contributed by atoms with Crippen molar-refractivity contribution in [3.8, 4) is 0 Å². The van der Waals surface area contributed by atoms with Crippen molar-refractivity contribution < 1.29 is 9.53 Å². The normalized spacial score (nSPS) is 18.4. The number of anilines is 2. The molecular weight excluding hydrogens is 362 g/mol. The Morgan fingerprint density at radius 2 is 1.86 bits per heavy atom. The molecule has 1 aliphatic rings. The maximum Gasteiger partial charge on any atom is 0.257 e. The molecule has 29 heavy (non-hydrogen) atoms. The first-order valence-electron chi connectivity index (χ1n) is 9.93. The van der Waals surface area contributed by atoms with E-state index in [1.807, 2.05) is 55.5 Å². The van der Waals surface area contributed by atoms with Crippen molar-refractivity contribution in [2.24, 2.45) is 5.92 Å². The average Bonchev–Trinajstić information content (AvgIpc) is 3.23. The topological polar surface area (TPSA) is 63.2 Å². The van der Waals surface area contributed by atoms with Crippen LogP contribution in [-0.2, 0) is 4.74 Å². The third-order valence-corrected chi connectivity index (χ3v) is 5.22. The summed E-state index contributed by atoms with van der Waals surface area (Å²) in [5, 5.41) is 6.28. The van der Waals surface area contributed by atoms with Crippen molar-refractivity contribution in [1.82, 2.24) is 4.98 Å². The molecule has 5 heteroatoms. The van der Waals surface area contributed by atoms with Crippen LogP contribution in [0.3, 0.4) is 0 Å². The van der Waals surface area contributed by atoms with E-state index >= 15 is 0 Å². The van der Waals surface area contributed by atoms with Gasteiger partial charge in [-0.3, -0.25) is 4.79 Å². The summed E-state index contributed by atoms with van der Waals surface area (Å²) in [6, 6.07) is 21.7. The van der Waals surface area contributed by atoms with Gasteiger partial charge in [0.05, 0.1) is 11.7 Å². The van der Waals surface area contributed by atoms with Crippen LogP contribution in [0.25, 0.3) is 0 Å². The Morgan fingerprint density at radius 1 is 1.07 bits per heavy atom. The van der Waals surface area contributed by atoms with E-state index in [2.05, 4.69) is 27.8 Å². The fraction of sp³-hybridized carbons (Fsp3) is 0.250. The van der Waals surface area contributed by atoms with Gasteiger partial charge in [0.25, 0.3) is 5.91 Å². The predicted octanol–water partition coefficient (Wildman–Crippen LogP) is 4.83. The highest BCUT2D eigenvalue weighted by atomic mass is 16.5. The maximum atomic E-state index is 12.4. The van der Waals surface area contributed by atoms with E-state index in [1.54, 1.807) is 12.3 Å². The summed E-state index contributed by atoms with van der Waals surface area (Å²) in [4.78, 5) is 16.8. The van der Waals surface area contributed by atoms with Gasteiger partial charge in [0.1, 0.15) is 5.82 Å². The molecule has 0 saturated carbocycles. The van der Waals surface area contributed by atoms with Crippen LogP contribution in [0.5, 0.6) is 0 Å². The molecule has 0 radical (unpaired) electrons. The number of benzene rings is 2. The molecule has 2 unspecified atom stereocenters. The number of carbonyl (C=O) groups is 1. The molecule has 2 heterocycles. The molecule has 1 aromatic heterocycles. The monoisotopic (exact) mass is 387 g/mol. The zero-order chi connectivity index (χ0) is 20.1. The van der Waals surface area contributed by atoms with E-state index in [9.17, 15) is 4.79 Å². The van der Waals surface area contributed by atoms with Gasteiger partial charge in [-0.05, 0) is 43.2 Å². The third-order valence-electron chi connectivity index (χ3n) is 5.22. The molecule has 5 nitrogen and oxygen atoms in total. The van der Waals surface area contributed by atoms with Gasteiger partial charge in [-0.2, -0.15) is 0 Å². The van der Waals surface area contributed by atoms with Crippen LogP contribution in [0.4, 0.5) is 11.5 Å². The molecule has 148 valence electrons. The molecule has 1 aliphatic heterocycles. The lowest BCUT2D eigenvalue weighted by molar-refractivity contribution is 0.0933. The van der Waals surface area contributed by atoms with Crippen LogP contribution in [0.1, 0.15) is 34.0 Å². The van der Waals surface area contributed by atoms with Crippen molar-refractivity contribution in [2.45, 2.75) is 19.4 Å². The number of hydrogen-bond acceptors (Lipinski definition) is 4. The minimum absolute atomic E-state index is 0.114. The lowest BCUT2D eigenvalue weighted by Crippen LogP contribution is -2.18. The second-order valence-electron chi connectivity index (χ2n) is 7.38. The van der Waals surface area contributed by atoms with E-state index in [-0.39, 0.29) is 12.0 Å². The van der Waals surface area contributed by atoms with Crippen molar-refractivity contribution >= 4 is 17.4 Å². The van der Waals surface area contributed by atoms with Crippen LogP contribution >= 0.6 is 0 Å². The highest BCUT2D eigenvalue weighted by Gasteiger charge is 2.29. The number of amides is 1. The summed E-state index contributed by atoms with van der Waals surface area (Å²) in [6.07, 6.45) is 2.73. The molecule has 1 amide bonds. The van der Waals surface area contributed by atoms with Crippen molar-refractivity contribution in [2.75, 3.05) is 23.8 Å². The minimum atomic E-state index is -0.166. The van der Waals surface area contributed by atoms with Gasteiger partial charge >= 0.3 is 0 Å². The quantitative estimate of drug-likeness (QED) is 0.636. The van der Waals surface area contributed by atoms with Gasteiger partial charge in [-0.25, -0.2) is 4.98 Å². The third kappa shape index (κ3) is 4.81. The first kappa shape index (κ1) is 19.2. The summed E-state index contributed by atoms with van der Waals surface area (Å²) >= 11 is 0. The number of aromatic nitrogens is 1. The van der Waals surface area contributed by atoms with Crippen LogP contribution in [-0.4, -0.2) is 24.0 Å². The average molecular weight is 387 g/mol. The van der Waals surface area contributed by atoms with Gasteiger partial charge < -0.3 is 15.4 Å². The number of nitrogens with zero attached hydrogens (tertiary/aromatic N) is 1. The summed E-state index contributed by atoms with van der Waals surface area (Å²) in [7, 11) is 0. The largest absolute Gasteiger partial charge is 0.373 e. The van der Waals surface area contributed by atoms with Crippen LogP contribution in [0.2, 0.25) is 0 Å². The zero-order valence-electron chi connectivity index (χ0n) is 16.5. The van der Waals surface area contributed by atoms with E-state index in [0.29, 0.717) is 11.5 Å². The Kier molecular flexibility index (Phi) is 5.86. The fourth-order valence-corrected chi connectivity index (χ4v) is 3.56. The number of aryl methyl sites for hydroxylation is 1. The van der Waals surface area contributed by atoms with E-state index in [0.717, 1.165) is 36.6 Å². The number of hydrogen-bond donors (Lipinski definition) is 2. The van der Waals surface area contributed by atoms with Crippen molar-refractivity contribution in [1.29, 1.82) is 0 Å². The number of ether oxygens (including phenoxy) is 1. The number of rotatable bonds is 6. The van der Waals surface area contributed by atoms with Gasteiger partial charge in [0.2, 0.25) is 0 Å². The van der Waals surface area contributed by atoms with Crippen LogP contribution in [0.15, 0.2) is 72.9 Å². The Hall–Kier alpha value is -3.18. The Labute approximate surface area is 171 Å². The van der Waals surface area contributed by atoms with E-state index < -0.39 is 0 Å². The summed E-state index contributed by atoms with van der Waals surface area (Å²) in [5.74, 6) is 0.987. The second kappa shape index (κ2) is 8.88. The predicted molar refractivity (Wildman–Crippen MR) is 115 cm³/mol. The van der Waals surface area contributed by atoms with Crippen LogP contribution < -0.4 is 10.6 Å². The lowest BCUT2D eigenvalue weighted by atomic mass is 9.95. The molecule has 2 atom stereocenters. The van der Waals surface area contributed by atoms with Crippen molar-refractivity contribution in [3.05, 3.63) is 89.6 Å². The Balaban J connectivity index is 1.33. The maximum absolute atomic E-state index is 12.4. The Bertz CT molecular complexity index is 940. The fourth-order valence-electron chi connectivity index (χ4n) is 3.56. The molecule has 0 aliphatic carbocycles. The summed E-state index contributed by atoms with van der Waals surface area (Å²) in [5.41, 5.74) is 3.67. The second-order valence-corrected chi connectivity index (χ2v) is 7.38. The minimum Gasteiger partial charge on any atom is -0.373 e. The van der Waals surface area contributed by atoms with Crippen LogP contribution in [0, 0.1) is 12.8 Å². The molecule has 2 N–H and O–H groups in total. The highest BCUT2D eigenvalue weighted by Crippen LogP contribution is 2.34. The molecule has 4 rings (SSSR count). The van der Waals surface area contributed by atoms with E-state index in [4.69, 9.17) is 4.74 Å². The molecule has 1 saturated heterocycles. The summed E-state index contributed by atoms with van der Waals surface area (Å²) in [6.45, 7) is 3.57. The standard InChI is InChI=1S/C24H25N3O2/c1-17-7-10-21(11-8-17)27-24(28)20-9-12-22(26-16-20)25-15-19-13-14-29-23(19)18-5-3-2-4-6-18/h2-12,16,19,23H,13-15H2,1H3,(H,25,26)(H,27,28). The lowest BCUT2D eigenvalue weighted by Gasteiger charge is -2.19. The molecule has 1 fully saturated rings. The SMILES string of the molecule is Cc1ccc(NC(=O)c2ccc(NCC3CCOC3c3ccccc3)nc2)cc1. The number of carbonyl (C=O) groups excluding carboxylic acids is 1. The number of nitrogens with one attached hydrogen (secondary N) is 2. The summed E-state index contributed by atoms with van der Waals surface area (Å²) < 4.78 is 5.94. The van der Waals surface area contributed by atoms with Gasteiger partial charge in [0, 0.05) is 31.0 Å². The van der Waals surface area contributed by atoms with Gasteiger partial charge in [0.15, 0.2) is 0 Å². The molecule has 3 aromatic rings. The van der Waals surface area contributed by atoms with Crippen molar-refractivity contribution in [3.63, 3.8) is 0 Å². The van der Waals surface area contributed by atoms with Gasteiger partial charge in [-0.15, -0.1) is 0 Å². The number of pyridine rings is 1. The molecule has 0 spiro atoms. The molecular formula is C24H25N3O2.